The molecule has 0 aromatic heterocycles. The lowest BCUT2D eigenvalue weighted by atomic mass is 10.1. The summed E-state index contributed by atoms with van der Waals surface area (Å²) in [6.45, 7) is 8.89. The predicted molar refractivity (Wildman–Crippen MR) is 69.0 cm³/mol. The van der Waals surface area contributed by atoms with Gasteiger partial charge in [-0.05, 0) is 40.0 Å². The minimum atomic E-state index is -2.41. The first-order chi connectivity index (χ1) is 8.26. The molecule has 1 unspecified atom stereocenters. The van der Waals surface area contributed by atoms with Crippen molar-refractivity contribution in [1.82, 2.24) is 0 Å². The Bertz CT molecular complexity index is 180. The van der Waals surface area contributed by atoms with Gasteiger partial charge in [-0.3, -0.25) is 0 Å². The van der Waals surface area contributed by atoms with Gasteiger partial charge < -0.3 is 18.0 Å². The lowest BCUT2D eigenvalue weighted by molar-refractivity contribution is -0.0553. The van der Waals surface area contributed by atoms with E-state index in [1.807, 2.05) is 20.8 Å². The summed E-state index contributed by atoms with van der Waals surface area (Å²) in [5, 5.41) is 0. The number of rotatable bonds is 10. The van der Waals surface area contributed by atoms with E-state index < -0.39 is 8.80 Å². The predicted octanol–water partition coefficient (Wildman–Crippen LogP) is 2.60. The Kier molecular flexibility index (Phi) is 7.30. The smallest absolute Gasteiger partial charge is 0.378 e. The third kappa shape index (κ3) is 5.05. The Labute approximate surface area is 106 Å². The molecule has 0 aromatic carbocycles. The molecular weight excluding hydrogens is 236 g/mol. The Morgan fingerprint density at radius 3 is 1.94 bits per heavy atom. The molecule has 0 spiro atoms. The van der Waals surface area contributed by atoms with Gasteiger partial charge in [-0.25, -0.2) is 0 Å². The molecule has 1 aliphatic heterocycles. The molecule has 102 valence electrons. The van der Waals surface area contributed by atoms with Crippen LogP contribution in [0.4, 0.5) is 0 Å². The normalized spacial score (nSPS) is 20.3. The number of hydrogen-bond donors (Lipinski definition) is 0. The van der Waals surface area contributed by atoms with Gasteiger partial charge in [-0.15, -0.1) is 0 Å². The maximum atomic E-state index is 5.80. The zero-order valence-corrected chi connectivity index (χ0v) is 12.4. The fraction of sp³-hybridized carbons (Fsp3) is 1.00. The Morgan fingerprint density at radius 2 is 1.59 bits per heavy atom. The lowest BCUT2D eigenvalue weighted by Crippen LogP contribution is -2.46. The van der Waals surface area contributed by atoms with Crippen molar-refractivity contribution in [3.05, 3.63) is 0 Å². The second kappa shape index (κ2) is 8.21. The van der Waals surface area contributed by atoms with E-state index in [-0.39, 0.29) is 0 Å². The van der Waals surface area contributed by atoms with E-state index in [9.17, 15) is 0 Å². The van der Waals surface area contributed by atoms with Crippen LogP contribution >= 0.6 is 0 Å². The monoisotopic (exact) mass is 262 g/mol. The molecule has 0 aliphatic carbocycles. The number of ether oxygens (including phenoxy) is 1. The molecule has 5 heteroatoms. The van der Waals surface area contributed by atoms with Crippen LogP contribution in [0.3, 0.4) is 0 Å². The van der Waals surface area contributed by atoms with Crippen LogP contribution in [0.5, 0.6) is 0 Å². The van der Waals surface area contributed by atoms with Crippen molar-refractivity contribution in [2.24, 2.45) is 0 Å². The van der Waals surface area contributed by atoms with Gasteiger partial charge >= 0.3 is 8.80 Å². The minimum absolute atomic E-state index is 0.464. The topological polar surface area (TPSA) is 36.9 Å². The highest BCUT2D eigenvalue weighted by atomic mass is 28.4. The molecule has 0 saturated carbocycles. The van der Waals surface area contributed by atoms with Gasteiger partial charge in [-0.1, -0.05) is 0 Å². The summed E-state index contributed by atoms with van der Waals surface area (Å²) in [4.78, 5) is 0. The quantitative estimate of drug-likeness (QED) is 0.567. The first-order valence-electron chi connectivity index (χ1n) is 6.79. The van der Waals surface area contributed by atoms with E-state index in [0.29, 0.717) is 25.9 Å². The fourth-order valence-corrected chi connectivity index (χ4v) is 4.70. The van der Waals surface area contributed by atoms with E-state index in [4.69, 9.17) is 18.0 Å². The third-order valence-corrected chi connectivity index (χ3v) is 6.05. The van der Waals surface area contributed by atoms with Crippen LogP contribution in [0.15, 0.2) is 0 Å². The van der Waals surface area contributed by atoms with Crippen molar-refractivity contribution >= 4 is 8.80 Å². The van der Waals surface area contributed by atoms with Crippen molar-refractivity contribution < 1.29 is 18.0 Å². The number of hydrogen-bond acceptors (Lipinski definition) is 4. The molecule has 0 N–H and O–H groups in total. The average molecular weight is 262 g/mol. The van der Waals surface area contributed by atoms with Gasteiger partial charge in [0.05, 0.1) is 6.10 Å². The molecule has 1 atom stereocenters. The van der Waals surface area contributed by atoms with E-state index in [0.717, 1.165) is 25.5 Å². The van der Waals surface area contributed by atoms with Gasteiger partial charge in [0.2, 0.25) is 0 Å². The SMILES string of the molecule is CCO[Si](CCCC1CCO1)(OCC)OCC. The Balaban J connectivity index is 2.35. The van der Waals surface area contributed by atoms with Crippen LogP contribution < -0.4 is 0 Å². The van der Waals surface area contributed by atoms with Gasteiger partial charge in [0.1, 0.15) is 0 Å². The van der Waals surface area contributed by atoms with Gasteiger partial charge in [0, 0.05) is 32.5 Å². The zero-order chi connectivity index (χ0) is 12.6. The summed E-state index contributed by atoms with van der Waals surface area (Å²) >= 11 is 0. The second-order valence-corrected chi connectivity index (χ2v) is 6.89. The fourth-order valence-electron chi connectivity index (χ4n) is 2.06. The molecule has 1 aliphatic rings. The summed E-state index contributed by atoms with van der Waals surface area (Å²) in [6, 6.07) is 0.905. The first kappa shape index (κ1) is 15.1. The molecule has 0 bridgehead atoms. The average Bonchev–Trinajstić information content (AvgIpc) is 2.23. The molecule has 1 heterocycles. The molecule has 1 fully saturated rings. The molecule has 0 amide bonds. The molecule has 0 radical (unpaired) electrons. The van der Waals surface area contributed by atoms with Gasteiger partial charge in [0.25, 0.3) is 0 Å². The standard InChI is InChI=1S/C12H26O4Si/c1-4-14-17(15-5-2,16-6-3)11-7-8-12-9-10-13-12/h12H,4-11H2,1-3H3. The third-order valence-electron chi connectivity index (χ3n) is 2.90. The van der Waals surface area contributed by atoms with Crippen molar-refractivity contribution in [3.8, 4) is 0 Å². The van der Waals surface area contributed by atoms with Crippen LogP contribution in [0, 0.1) is 0 Å². The summed E-state index contributed by atoms with van der Waals surface area (Å²) in [5.74, 6) is 0. The zero-order valence-electron chi connectivity index (χ0n) is 11.4. The lowest BCUT2D eigenvalue weighted by Gasteiger charge is -2.30. The summed E-state index contributed by atoms with van der Waals surface area (Å²) in [5.41, 5.74) is 0. The summed E-state index contributed by atoms with van der Waals surface area (Å²) in [7, 11) is -2.41. The van der Waals surface area contributed by atoms with Gasteiger partial charge in [0.15, 0.2) is 0 Å². The molecule has 1 saturated heterocycles. The largest absolute Gasteiger partial charge is 0.500 e. The molecule has 4 nitrogen and oxygen atoms in total. The van der Waals surface area contributed by atoms with Crippen LogP contribution in [0.1, 0.15) is 40.0 Å². The highest BCUT2D eigenvalue weighted by Crippen LogP contribution is 2.23. The molecular formula is C12H26O4Si. The van der Waals surface area contributed by atoms with Crippen molar-refractivity contribution in [3.63, 3.8) is 0 Å². The van der Waals surface area contributed by atoms with E-state index >= 15 is 0 Å². The van der Waals surface area contributed by atoms with Crippen LogP contribution in [-0.2, 0) is 18.0 Å². The van der Waals surface area contributed by atoms with Gasteiger partial charge in [-0.2, -0.15) is 0 Å². The highest BCUT2D eigenvalue weighted by molar-refractivity contribution is 6.60. The minimum Gasteiger partial charge on any atom is -0.378 e. The maximum Gasteiger partial charge on any atom is 0.500 e. The van der Waals surface area contributed by atoms with Crippen molar-refractivity contribution in [2.45, 2.75) is 52.2 Å². The van der Waals surface area contributed by atoms with E-state index in [1.165, 1.54) is 6.42 Å². The molecule has 0 aromatic rings. The Morgan fingerprint density at radius 1 is 1.06 bits per heavy atom. The highest BCUT2D eigenvalue weighted by Gasteiger charge is 2.40. The van der Waals surface area contributed by atoms with Crippen molar-refractivity contribution in [2.75, 3.05) is 26.4 Å². The molecule has 1 rings (SSSR count). The Hall–Kier alpha value is 0.0569. The summed E-state index contributed by atoms with van der Waals surface area (Å²) < 4.78 is 22.8. The molecule has 17 heavy (non-hydrogen) atoms. The van der Waals surface area contributed by atoms with Crippen LogP contribution in [0.25, 0.3) is 0 Å². The van der Waals surface area contributed by atoms with E-state index in [1.54, 1.807) is 0 Å². The summed E-state index contributed by atoms with van der Waals surface area (Å²) in [6.07, 6.45) is 3.83. The second-order valence-electron chi connectivity index (χ2n) is 4.16. The van der Waals surface area contributed by atoms with Crippen LogP contribution in [-0.4, -0.2) is 41.3 Å². The maximum absolute atomic E-state index is 5.80. The van der Waals surface area contributed by atoms with Crippen molar-refractivity contribution in [1.29, 1.82) is 0 Å². The van der Waals surface area contributed by atoms with E-state index in [2.05, 4.69) is 0 Å². The first-order valence-corrected chi connectivity index (χ1v) is 8.73. The van der Waals surface area contributed by atoms with Crippen LogP contribution in [0.2, 0.25) is 6.04 Å².